The van der Waals surface area contributed by atoms with Gasteiger partial charge in [-0.1, -0.05) is 24.1 Å². The number of benzene rings is 2. The highest BCUT2D eigenvalue weighted by molar-refractivity contribution is 7.89. The first-order chi connectivity index (χ1) is 14.8. The lowest BCUT2D eigenvalue weighted by molar-refractivity contribution is -0.120. The predicted octanol–water partition coefficient (Wildman–Crippen LogP) is 4.14. The Morgan fingerprint density at radius 1 is 1.06 bits per heavy atom. The molecule has 4 rings (SSSR count). The Hall–Kier alpha value is -2.97. The third-order valence-electron chi connectivity index (χ3n) is 5.44. The van der Waals surface area contributed by atoms with Crippen LogP contribution >= 0.6 is 0 Å². The zero-order valence-electron chi connectivity index (χ0n) is 17.5. The Balaban J connectivity index is 1.51. The molecule has 1 amide bonds. The number of amides is 1. The molecule has 0 bridgehead atoms. The van der Waals surface area contributed by atoms with E-state index in [0.717, 1.165) is 24.0 Å². The number of nitrogens with one attached hydrogen (secondary N) is 1. The lowest BCUT2D eigenvalue weighted by Crippen LogP contribution is -2.49. The summed E-state index contributed by atoms with van der Waals surface area (Å²) in [6, 6.07) is 13.2. The number of aromatic nitrogens is 1. The fraction of sp³-hybridized carbons (Fsp3) is 0.304. The molecule has 2 aromatic carbocycles. The van der Waals surface area contributed by atoms with Crippen LogP contribution in [0.3, 0.4) is 0 Å². The highest BCUT2D eigenvalue weighted by Crippen LogP contribution is 2.27. The van der Waals surface area contributed by atoms with Crippen molar-refractivity contribution in [3.63, 3.8) is 0 Å². The number of carbonyl (C=O) groups excluding carboxylic acids is 1. The Kier molecular flexibility index (Phi) is 5.93. The molecule has 1 aliphatic rings. The first-order valence-electron chi connectivity index (χ1n) is 10.3. The zero-order chi connectivity index (χ0) is 22.0. The van der Waals surface area contributed by atoms with Crippen molar-refractivity contribution in [2.45, 2.75) is 44.0 Å². The fourth-order valence-electron chi connectivity index (χ4n) is 3.74. The maximum Gasteiger partial charge on any atom is 0.243 e. The summed E-state index contributed by atoms with van der Waals surface area (Å²) in [6.07, 6.45) is 3.69. The molecule has 0 aliphatic carbocycles. The van der Waals surface area contributed by atoms with Crippen LogP contribution in [0.15, 0.2) is 64.0 Å². The molecule has 3 aromatic rings. The van der Waals surface area contributed by atoms with Gasteiger partial charge in [-0.25, -0.2) is 13.4 Å². The molecule has 1 aliphatic heterocycles. The van der Waals surface area contributed by atoms with Crippen LogP contribution in [0.1, 0.15) is 30.7 Å². The number of hydrogen-bond donors (Lipinski definition) is 1. The number of piperidine rings is 1. The number of aryl methyl sites for hydroxylation is 2. The van der Waals surface area contributed by atoms with E-state index in [2.05, 4.69) is 10.3 Å². The van der Waals surface area contributed by atoms with Gasteiger partial charge in [0, 0.05) is 24.7 Å². The first kappa shape index (κ1) is 21.3. The van der Waals surface area contributed by atoms with Crippen LogP contribution in [0.4, 0.5) is 5.69 Å². The number of nitrogens with zero attached hydrogens (tertiary/aromatic N) is 2. The van der Waals surface area contributed by atoms with E-state index in [1.165, 1.54) is 4.31 Å². The SMILES string of the molecule is Cc1ccc(S(=O)(=O)N2CCCC[C@H]2C(=O)Nc2ccc(-c3cnc(C)o3)cc2)cc1. The second kappa shape index (κ2) is 8.64. The van der Waals surface area contributed by atoms with Crippen LogP contribution < -0.4 is 5.32 Å². The number of oxazole rings is 1. The maximum atomic E-state index is 13.2. The molecule has 1 atom stereocenters. The highest BCUT2D eigenvalue weighted by atomic mass is 32.2. The van der Waals surface area contributed by atoms with E-state index in [1.807, 2.05) is 19.1 Å². The molecule has 1 N–H and O–H groups in total. The van der Waals surface area contributed by atoms with Gasteiger partial charge in [-0.2, -0.15) is 4.31 Å². The summed E-state index contributed by atoms with van der Waals surface area (Å²) in [5, 5.41) is 2.87. The van der Waals surface area contributed by atoms with Crippen LogP contribution in [0, 0.1) is 13.8 Å². The molecule has 162 valence electrons. The number of carbonyl (C=O) groups is 1. The summed E-state index contributed by atoms with van der Waals surface area (Å²) in [5.41, 5.74) is 2.43. The molecular formula is C23H25N3O4S. The number of hydrogen-bond acceptors (Lipinski definition) is 5. The molecule has 0 spiro atoms. The molecule has 7 nitrogen and oxygen atoms in total. The lowest BCUT2D eigenvalue weighted by Gasteiger charge is -2.33. The van der Waals surface area contributed by atoms with Gasteiger partial charge in [-0.15, -0.1) is 0 Å². The van der Waals surface area contributed by atoms with Crippen molar-refractivity contribution < 1.29 is 17.6 Å². The summed E-state index contributed by atoms with van der Waals surface area (Å²) < 4.78 is 33.2. The summed E-state index contributed by atoms with van der Waals surface area (Å²) in [6.45, 7) is 4.01. The van der Waals surface area contributed by atoms with Crippen molar-refractivity contribution in [3.05, 3.63) is 66.2 Å². The number of rotatable bonds is 5. The second-order valence-corrected chi connectivity index (χ2v) is 9.64. The van der Waals surface area contributed by atoms with Crippen molar-refractivity contribution in [2.75, 3.05) is 11.9 Å². The molecule has 8 heteroatoms. The van der Waals surface area contributed by atoms with Gasteiger partial charge < -0.3 is 9.73 Å². The Labute approximate surface area is 182 Å². The van der Waals surface area contributed by atoms with Gasteiger partial charge in [0.25, 0.3) is 0 Å². The number of sulfonamides is 1. The third-order valence-corrected chi connectivity index (χ3v) is 7.36. The molecule has 1 aromatic heterocycles. The van der Waals surface area contributed by atoms with Crippen molar-refractivity contribution in [1.29, 1.82) is 0 Å². The minimum Gasteiger partial charge on any atom is -0.441 e. The van der Waals surface area contributed by atoms with E-state index in [0.29, 0.717) is 30.3 Å². The van der Waals surface area contributed by atoms with E-state index in [1.54, 1.807) is 49.5 Å². The average molecular weight is 440 g/mol. The summed E-state index contributed by atoms with van der Waals surface area (Å²) >= 11 is 0. The maximum absolute atomic E-state index is 13.2. The van der Waals surface area contributed by atoms with Gasteiger partial charge in [0.2, 0.25) is 15.9 Å². The summed E-state index contributed by atoms with van der Waals surface area (Å²) in [4.78, 5) is 17.3. The van der Waals surface area contributed by atoms with E-state index < -0.39 is 16.1 Å². The zero-order valence-corrected chi connectivity index (χ0v) is 18.4. The van der Waals surface area contributed by atoms with Crippen LogP contribution in [0.2, 0.25) is 0 Å². The van der Waals surface area contributed by atoms with E-state index in [4.69, 9.17) is 4.42 Å². The van der Waals surface area contributed by atoms with Gasteiger partial charge >= 0.3 is 0 Å². The molecule has 0 saturated carbocycles. The predicted molar refractivity (Wildman–Crippen MR) is 118 cm³/mol. The van der Waals surface area contributed by atoms with Crippen LogP contribution in [0.5, 0.6) is 0 Å². The quantitative estimate of drug-likeness (QED) is 0.645. The minimum atomic E-state index is -3.75. The monoisotopic (exact) mass is 439 g/mol. The van der Waals surface area contributed by atoms with Gasteiger partial charge in [-0.3, -0.25) is 4.79 Å². The lowest BCUT2D eigenvalue weighted by atomic mass is 10.0. The standard InChI is InChI=1S/C23H25N3O4S/c1-16-6-12-20(13-7-16)31(28,29)26-14-4-3-5-21(26)23(27)25-19-10-8-18(9-11-19)22-15-24-17(2)30-22/h6-13,15,21H,3-5,14H2,1-2H3,(H,25,27)/t21-/m0/s1. The van der Waals surface area contributed by atoms with Crippen molar-refractivity contribution >= 4 is 21.6 Å². The summed E-state index contributed by atoms with van der Waals surface area (Å²) in [7, 11) is -3.75. The summed E-state index contributed by atoms with van der Waals surface area (Å²) in [5.74, 6) is 0.913. The minimum absolute atomic E-state index is 0.213. The van der Waals surface area contributed by atoms with Crippen molar-refractivity contribution in [1.82, 2.24) is 9.29 Å². The molecule has 1 fully saturated rings. The van der Waals surface area contributed by atoms with Gasteiger partial charge in [0.05, 0.1) is 11.1 Å². The molecule has 0 radical (unpaired) electrons. The Morgan fingerprint density at radius 2 is 1.77 bits per heavy atom. The largest absolute Gasteiger partial charge is 0.441 e. The molecule has 0 unspecified atom stereocenters. The molecule has 1 saturated heterocycles. The normalized spacial score (nSPS) is 17.4. The van der Waals surface area contributed by atoms with Gasteiger partial charge in [0.1, 0.15) is 6.04 Å². The second-order valence-electron chi connectivity index (χ2n) is 7.75. The van der Waals surface area contributed by atoms with Crippen molar-refractivity contribution in [2.24, 2.45) is 0 Å². The number of anilines is 1. The highest BCUT2D eigenvalue weighted by Gasteiger charge is 2.37. The fourth-order valence-corrected chi connectivity index (χ4v) is 5.40. The van der Waals surface area contributed by atoms with Gasteiger partial charge in [0.15, 0.2) is 11.7 Å². The molecular weight excluding hydrogens is 414 g/mol. The Morgan fingerprint density at radius 3 is 2.42 bits per heavy atom. The van der Waals surface area contributed by atoms with E-state index in [9.17, 15) is 13.2 Å². The first-order valence-corrected chi connectivity index (χ1v) is 11.7. The smallest absolute Gasteiger partial charge is 0.243 e. The van der Waals surface area contributed by atoms with Crippen LogP contribution in [0.25, 0.3) is 11.3 Å². The van der Waals surface area contributed by atoms with Crippen LogP contribution in [-0.2, 0) is 14.8 Å². The van der Waals surface area contributed by atoms with E-state index >= 15 is 0 Å². The Bertz CT molecular complexity index is 1170. The topological polar surface area (TPSA) is 92.5 Å². The third kappa shape index (κ3) is 4.55. The van der Waals surface area contributed by atoms with E-state index in [-0.39, 0.29) is 10.8 Å². The molecule has 31 heavy (non-hydrogen) atoms. The average Bonchev–Trinajstić information content (AvgIpc) is 3.21. The van der Waals surface area contributed by atoms with Gasteiger partial charge in [-0.05, 0) is 56.2 Å². The molecule has 2 heterocycles. The van der Waals surface area contributed by atoms with Crippen LogP contribution in [-0.4, -0.2) is 36.2 Å². The van der Waals surface area contributed by atoms with Crippen molar-refractivity contribution in [3.8, 4) is 11.3 Å².